The molecule has 0 amide bonds. The highest BCUT2D eigenvalue weighted by Crippen LogP contribution is 2.31. The molecule has 0 bridgehead atoms. The molecule has 3 rings (SSSR count). The van der Waals surface area contributed by atoms with Crippen LogP contribution in [0.5, 0.6) is 0 Å². The van der Waals surface area contributed by atoms with E-state index in [9.17, 15) is 10.1 Å². The maximum absolute atomic E-state index is 11.1. The van der Waals surface area contributed by atoms with Crippen LogP contribution in [0, 0.1) is 10.1 Å². The van der Waals surface area contributed by atoms with E-state index in [2.05, 4.69) is 10.3 Å². The molecule has 0 radical (unpaired) electrons. The SMILES string of the molecule is O=[N+]([O-])c1ccc(NCC2CCCCS2)c2ncccc12. The van der Waals surface area contributed by atoms with E-state index in [0.717, 1.165) is 12.2 Å². The second kappa shape index (κ2) is 6.30. The molecule has 6 heteroatoms. The van der Waals surface area contributed by atoms with Crippen molar-refractivity contribution in [1.82, 2.24) is 4.98 Å². The van der Waals surface area contributed by atoms with Crippen LogP contribution in [-0.4, -0.2) is 27.5 Å². The Morgan fingerprint density at radius 1 is 1.38 bits per heavy atom. The van der Waals surface area contributed by atoms with Crippen molar-refractivity contribution >= 4 is 34.0 Å². The molecule has 110 valence electrons. The molecule has 1 aliphatic heterocycles. The summed E-state index contributed by atoms with van der Waals surface area (Å²) in [5.74, 6) is 1.23. The first-order valence-electron chi connectivity index (χ1n) is 7.13. The van der Waals surface area contributed by atoms with Crippen LogP contribution in [0.25, 0.3) is 10.9 Å². The number of anilines is 1. The van der Waals surface area contributed by atoms with Gasteiger partial charge < -0.3 is 5.32 Å². The highest BCUT2D eigenvalue weighted by molar-refractivity contribution is 7.99. The number of nitrogens with zero attached hydrogens (tertiary/aromatic N) is 2. The van der Waals surface area contributed by atoms with E-state index < -0.39 is 0 Å². The predicted octanol–water partition coefficient (Wildman–Crippen LogP) is 3.84. The molecule has 1 aromatic heterocycles. The summed E-state index contributed by atoms with van der Waals surface area (Å²) < 4.78 is 0. The van der Waals surface area contributed by atoms with Crippen molar-refractivity contribution in [2.24, 2.45) is 0 Å². The number of aromatic nitrogens is 1. The number of pyridine rings is 1. The number of nitro benzene ring substituents is 1. The largest absolute Gasteiger partial charge is 0.382 e. The number of non-ortho nitro benzene ring substituents is 1. The quantitative estimate of drug-likeness (QED) is 0.686. The zero-order valence-electron chi connectivity index (χ0n) is 11.6. The number of benzene rings is 1. The van der Waals surface area contributed by atoms with Crippen LogP contribution in [0.2, 0.25) is 0 Å². The zero-order chi connectivity index (χ0) is 14.7. The first-order chi connectivity index (χ1) is 10.3. The number of thioether (sulfide) groups is 1. The van der Waals surface area contributed by atoms with Gasteiger partial charge in [0.25, 0.3) is 5.69 Å². The Morgan fingerprint density at radius 3 is 3.05 bits per heavy atom. The minimum Gasteiger partial charge on any atom is -0.382 e. The highest BCUT2D eigenvalue weighted by Gasteiger charge is 2.17. The van der Waals surface area contributed by atoms with Crippen LogP contribution in [-0.2, 0) is 0 Å². The number of hydrogen-bond acceptors (Lipinski definition) is 5. The maximum Gasteiger partial charge on any atom is 0.278 e. The van der Waals surface area contributed by atoms with Crippen molar-refractivity contribution in [2.75, 3.05) is 17.6 Å². The van der Waals surface area contributed by atoms with Crippen LogP contribution >= 0.6 is 11.8 Å². The second-order valence-corrected chi connectivity index (χ2v) is 6.57. The van der Waals surface area contributed by atoms with Crippen molar-refractivity contribution in [3.63, 3.8) is 0 Å². The molecule has 2 aromatic rings. The molecule has 5 nitrogen and oxygen atoms in total. The fourth-order valence-electron chi connectivity index (χ4n) is 2.65. The molecular weight excluding hydrogens is 286 g/mol. The fourth-order valence-corrected chi connectivity index (χ4v) is 3.89. The summed E-state index contributed by atoms with van der Waals surface area (Å²) in [4.78, 5) is 15.0. The molecule has 1 aromatic carbocycles. The van der Waals surface area contributed by atoms with Crippen molar-refractivity contribution < 1.29 is 4.92 Å². The second-order valence-electron chi connectivity index (χ2n) is 5.16. The Balaban J connectivity index is 1.85. The Labute approximate surface area is 127 Å². The lowest BCUT2D eigenvalue weighted by atomic mass is 10.1. The van der Waals surface area contributed by atoms with E-state index in [4.69, 9.17) is 0 Å². The van der Waals surface area contributed by atoms with E-state index in [1.807, 2.05) is 11.8 Å². The molecule has 1 unspecified atom stereocenters. The van der Waals surface area contributed by atoms with Gasteiger partial charge >= 0.3 is 0 Å². The minimum atomic E-state index is -0.356. The number of nitro groups is 1. The van der Waals surface area contributed by atoms with Crippen molar-refractivity contribution in [1.29, 1.82) is 0 Å². The number of nitrogens with one attached hydrogen (secondary N) is 1. The van der Waals surface area contributed by atoms with Crippen LogP contribution in [0.4, 0.5) is 11.4 Å². The summed E-state index contributed by atoms with van der Waals surface area (Å²) in [7, 11) is 0. The molecule has 0 saturated carbocycles. The Hall–Kier alpha value is -1.82. The molecule has 0 aliphatic carbocycles. The van der Waals surface area contributed by atoms with E-state index in [0.29, 0.717) is 16.2 Å². The van der Waals surface area contributed by atoms with E-state index in [-0.39, 0.29) is 10.6 Å². The van der Waals surface area contributed by atoms with Crippen molar-refractivity contribution in [3.8, 4) is 0 Å². The molecule has 0 spiro atoms. The third kappa shape index (κ3) is 3.10. The molecule has 1 saturated heterocycles. The van der Waals surface area contributed by atoms with E-state index in [1.54, 1.807) is 30.5 Å². The van der Waals surface area contributed by atoms with Crippen LogP contribution in [0.1, 0.15) is 19.3 Å². The topological polar surface area (TPSA) is 68.1 Å². The van der Waals surface area contributed by atoms with E-state index in [1.165, 1.54) is 25.0 Å². The number of rotatable bonds is 4. The van der Waals surface area contributed by atoms with Gasteiger partial charge in [-0.15, -0.1) is 0 Å². The molecule has 21 heavy (non-hydrogen) atoms. The average molecular weight is 303 g/mol. The lowest BCUT2D eigenvalue weighted by Gasteiger charge is -2.22. The molecule has 1 N–H and O–H groups in total. The molecule has 2 heterocycles. The molecular formula is C15H17N3O2S. The molecule has 1 fully saturated rings. The molecule has 1 aliphatic rings. The van der Waals surface area contributed by atoms with Gasteiger partial charge in [-0.3, -0.25) is 15.1 Å². The highest BCUT2D eigenvalue weighted by atomic mass is 32.2. The predicted molar refractivity (Wildman–Crippen MR) is 87.0 cm³/mol. The zero-order valence-corrected chi connectivity index (χ0v) is 12.4. The third-order valence-electron chi connectivity index (χ3n) is 3.74. The fraction of sp³-hybridized carbons (Fsp3) is 0.400. The summed E-state index contributed by atoms with van der Waals surface area (Å²) in [6.45, 7) is 0.883. The Bertz CT molecular complexity index is 656. The number of fused-ring (bicyclic) bond motifs is 1. The van der Waals surface area contributed by atoms with Gasteiger partial charge in [0.1, 0.15) is 5.52 Å². The van der Waals surface area contributed by atoms with Gasteiger partial charge in [0.05, 0.1) is 16.0 Å². The Morgan fingerprint density at radius 2 is 2.29 bits per heavy atom. The standard InChI is InChI=1S/C15H17N3O2S/c19-18(20)14-7-6-13(15-12(14)5-3-8-16-15)17-10-11-4-1-2-9-21-11/h3,5-8,11,17H,1-2,4,9-10H2. The van der Waals surface area contributed by atoms with Crippen LogP contribution < -0.4 is 5.32 Å². The number of hydrogen-bond donors (Lipinski definition) is 1. The monoisotopic (exact) mass is 303 g/mol. The lowest BCUT2D eigenvalue weighted by molar-refractivity contribution is -0.383. The van der Waals surface area contributed by atoms with Gasteiger partial charge in [-0.2, -0.15) is 11.8 Å². The van der Waals surface area contributed by atoms with Gasteiger partial charge in [-0.1, -0.05) is 6.42 Å². The lowest BCUT2D eigenvalue weighted by Crippen LogP contribution is -2.20. The van der Waals surface area contributed by atoms with Gasteiger partial charge in [-0.05, 0) is 36.8 Å². The Kier molecular flexibility index (Phi) is 4.24. The minimum absolute atomic E-state index is 0.107. The first kappa shape index (κ1) is 14.1. The summed E-state index contributed by atoms with van der Waals surface area (Å²) in [5.41, 5.74) is 1.66. The van der Waals surface area contributed by atoms with Gasteiger partial charge in [0, 0.05) is 24.1 Å². The molecule has 1 atom stereocenters. The third-order valence-corrected chi connectivity index (χ3v) is 5.14. The summed E-state index contributed by atoms with van der Waals surface area (Å²) in [6.07, 6.45) is 5.50. The van der Waals surface area contributed by atoms with Crippen LogP contribution in [0.15, 0.2) is 30.5 Å². The maximum atomic E-state index is 11.1. The van der Waals surface area contributed by atoms with Gasteiger partial charge in [0.2, 0.25) is 0 Å². The summed E-state index contributed by atoms with van der Waals surface area (Å²) in [6, 6.07) is 6.80. The average Bonchev–Trinajstić information content (AvgIpc) is 2.53. The normalized spacial score (nSPS) is 18.6. The van der Waals surface area contributed by atoms with Crippen LogP contribution in [0.3, 0.4) is 0 Å². The van der Waals surface area contributed by atoms with Crippen molar-refractivity contribution in [2.45, 2.75) is 24.5 Å². The summed E-state index contributed by atoms with van der Waals surface area (Å²) in [5, 5.41) is 15.7. The smallest absolute Gasteiger partial charge is 0.278 e. The van der Waals surface area contributed by atoms with Gasteiger partial charge in [-0.25, -0.2) is 0 Å². The first-order valence-corrected chi connectivity index (χ1v) is 8.18. The van der Waals surface area contributed by atoms with Crippen molar-refractivity contribution in [3.05, 3.63) is 40.6 Å². The van der Waals surface area contributed by atoms with Gasteiger partial charge in [0.15, 0.2) is 0 Å². The summed E-state index contributed by atoms with van der Waals surface area (Å²) >= 11 is 2.00. The van der Waals surface area contributed by atoms with E-state index >= 15 is 0 Å².